The van der Waals surface area contributed by atoms with Gasteiger partial charge < -0.3 is 30.1 Å². The molecule has 0 atom stereocenters. The van der Waals surface area contributed by atoms with Gasteiger partial charge in [-0.25, -0.2) is 0 Å². The van der Waals surface area contributed by atoms with Crippen LogP contribution in [0.2, 0.25) is 0 Å². The van der Waals surface area contributed by atoms with Crippen LogP contribution in [0.15, 0.2) is 0 Å². The van der Waals surface area contributed by atoms with E-state index in [4.69, 9.17) is 19.7 Å². The quantitative estimate of drug-likeness (QED) is 0.152. The average molecular weight is 741 g/mol. The predicted octanol–water partition coefficient (Wildman–Crippen LogP) is 9.83. The third kappa shape index (κ3) is 11.9. The van der Waals surface area contributed by atoms with Crippen LogP contribution in [0.25, 0.3) is 0 Å². The van der Waals surface area contributed by atoms with Gasteiger partial charge in [0.05, 0.1) is 6.10 Å². The average Bonchev–Trinajstić information content (AvgIpc) is 2.97. The highest BCUT2D eigenvalue weighted by molar-refractivity contribution is 5.51. The zero-order valence-electron chi connectivity index (χ0n) is 37.3. The standard InChI is InChI=1S/C44H84N8O/c1-16-19-22-23-26-53-35-31-43(12,13)52(44(14,15)32-35)38-46-36(50(24-20-17-2)33-27-39(4,5)48-40(6,7)28-33)45-37(47-38)51(25-21-18-3)34-29-41(8,9)49-42(10,11)30-34/h33-35,48-49H,16-32H2,1-15H3. The predicted molar refractivity (Wildman–Crippen MR) is 227 cm³/mol. The zero-order chi connectivity index (χ0) is 39.5. The smallest absolute Gasteiger partial charge is 0.232 e. The second-order valence-corrected chi connectivity index (χ2v) is 21.2. The van der Waals surface area contributed by atoms with Crippen LogP contribution in [0.1, 0.15) is 194 Å². The number of rotatable bonds is 17. The van der Waals surface area contributed by atoms with Gasteiger partial charge in [-0.3, -0.25) is 0 Å². The number of aromatic nitrogens is 3. The molecule has 9 nitrogen and oxygen atoms in total. The molecular formula is C44H84N8O. The first-order chi connectivity index (χ1) is 24.5. The molecule has 0 unspecified atom stereocenters. The van der Waals surface area contributed by atoms with Gasteiger partial charge in [0.25, 0.3) is 0 Å². The fraction of sp³-hybridized carbons (Fsp3) is 0.932. The molecule has 306 valence electrons. The van der Waals surface area contributed by atoms with Crippen molar-refractivity contribution < 1.29 is 4.74 Å². The molecule has 3 aliphatic rings. The minimum absolute atomic E-state index is 0.0113. The molecule has 0 bridgehead atoms. The van der Waals surface area contributed by atoms with Crippen LogP contribution in [0.3, 0.4) is 0 Å². The molecule has 4 rings (SSSR count). The lowest BCUT2D eigenvalue weighted by Gasteiger charge is -2.55. The van der Waals surface area contributed by atoms with Crippen LogP contribution in [-0.4, -0.2) is 86.1 Å². The van der Waals surface area contributed by atoms with Crippen LogP contribution in [0.4, 0.5) is 17.8 Å². The molecule has 0 saturated carbocycles. The fourth-order valence-electron chi connectivity index (χ4n) is 10.9. The highest BCUT2D eigenvalue weighted by Crippen LogP contribution is 2.44. The molecular weight excluding hydrogens is 657 g/mol. The summed E-state index contributed by atoms with van der Waals surface area (Å²) in [5.41, 5.74) is -0.360. The van der Waals surface area contributed by atoms with Crippen molar-refractivity contribution >= 4 is 17.8 Å². The molecule has 1 aromatic rings. The molecule has 2 N–H and O–H groups in total. The first-order valence-corrected chi connectivity index (χ1v) is 21.8. The molecule has 0 aliphatic carbocycles. The molecule has 53 heavy (non-hydrogen) atoms. The second-order valence-electron chi connectivity index (χ2n) is 21.2. The van der Waals surface area contributed by atoms with Crippen molar-refractivity contribution in [2.75, 3.05) is 34.4 Å². The Morgan fingerprint density at radius 2 is 0.943 bits per heavy atom. The molecule has 3 saturated heterocycles. The van der Waals surface area contributed by atoms with E-state index >= 15 is 0 Å². The normalized spacial score (nSPS) is 23.9. The number of hydrogen-bond acceptors (Lipinski definition) is 9. The summed E-state index contributed by atoms with van der Waals surface area (Å²) >= 11 is 0. The van der Waals surface area contributed by atoms with Gasteiger partial charge in [-0.2, -0.15) is 15.0 Å². The maximum absolute atomic E-state index is 6.63. The first kappa shape index (κ1) is 44.0. The monoisotopic (exact) mass is 741 g/mol. The highest BCUT2D eigenvalue weighted by Gasteiger charge is 2.49. The van der Waals surface area contributed by atoms with Gasteiger partial charge in [-0.15, -0.1) is 0 Å². The van der Waals surface area contributed by atoms with E-state index in [2.05, 4.69) is 129 Å². The Hall–Kier alpha value is -1.71. The van der Waals surface area contributed by atoms with Gasteiger partial charge in [0.15, 0.2) is 0 Å². The molecule has 9 heteroatoms. The van der Waals surface area contributed by atoms with Gasteiger partial charge in [0.2, 0.25) is 17.8 Å². The Bertz CT molecular complexity index is 1190. The summed E-state index contributed by atoms with van der Waals surface area (Å²) in [6, 6.07) is 0.647. The van der Waals surface area contributed by atoms with Crippen molar-refractivity contribution in [3.63, 3.8) is 0 Å². The van der Waals surface area contributed by atoms with Crippen molar-refractivity contribution in [2.45, 2.75) is 245 Å². The molecule has 0 amide bonds. The van der Waals surface area contributed by atoms with E-state index < -0.39 is 0 Å². The summed E-state index contributed by atoms with van der Waals surface area (Å²) in [5, 5.41) is 7.87. The van der Waals surface area contributed by atoms with Gasteiger partial charge >= 0.3 is 0 Å². The van der Waals surface area contributed by atoms with E-state index in [-0.39, 0.29) is 39.3 Å². The fourth-order valence-corrected chi connectivity index (χ4v) is 10.9. The van der Waals surface area contributed by atoms with Crippen LogP contribution >= 0.6 is 0 Å². The van der Waals surface area contributed by atoms with Crippen molar-refractivity contribution in [1.82, 2.24) is 25.6 Å². The number of hydrogen-bond donors (Lipinski definition) is 2. The Morgan fingerprint density at radius 3 is 1.32 bits per heavy atom. The zero-order valence-corrected chi connectivity index (χ0v) is 37.3. The number of ether oxygens (including phenoxy) is 1. The second kappa shape index (κ2) is 17.2. The Balaban J connectivity index is 1.86. The maximum atomic E-state index is 6.63. The molecule has 0 aromatic carbocycles. The van der Waals surface area contributed by atoms with Crippen molar-refractivity contribution in [1.29, 1.82) is 0 Å². The van der Waals surface area contributed by atoms with Crippen LogP contribution < -0.4 is 25.3 Å². The summed E-state index contributed by atoms with van der Waals surface area (Å²) in [7, 11) is 0. The topological polar surface area (TPSA) is 81.7 Å². The molecule has 4 heterocycles. The van der Waals surface area contributed by atoms with Crippen LogP contribution in [0, 0.1) is 0 Å². The van der Waals surface area contributed by atoms with Crippen LogP contribution in [-0.2, 0) is 4.74 Å². The summed E-state index contributed by atoms with van der Waals surface area (Å²) in [5.74, 6) is 2.53. The van der Waals surface area contributed by atoms with E-state index in [0.717, 1.165) is 108 Å². The number of anilines is 3. The van der Waals surface area contributed by atoms with E-state index in [1.54, 1.807) is 0 Å². The summed E-state index contributed by atoms with van der Waals surface area (Å²) in [6.07, 6.45) is 15.7. The van der Waals surface area contributed by atoms with E-state index in [1.165, 1.54) is 19.3 Å². The summed E-state index contributed by atoms with van der Waals surface area (Å²) in [4.78, 5) is 24.5. The van der Waals surface area contributed by atoms with E-state index in [9.17, 15) is 0 Å². The Labute approximate surface area is 327 Å². The SMILES string of the molecule is CCCCCCOC1CC(C)(C)N(c2nc(N(CCCC)C3CC(C)(C)NC(C)(C)C3)nc(N(CCCC)C3CC(C)(C)NC(C)(C)C3)n2)C(C)(C)C1. The summed E-state index contributed by atoms with van der Waals surface area (Å²) in [6.45, 7) is 38.0. The molecule has 1 aromatic heterocycles. The molecule has 3 aliphatic heterocycles. The van der Waals surface area contributed by atoms with E-state index in [0.29, 0.717) is 12.1 Å². The number of nitrogens with one attached hydrogen (secondary N) is 2. The molecule has 0 radical (unpaired) electrons. The van der Waals surface area contributed by atoms with Gasteiger partial charge in [0, 0.05) is 65.0 Å². The number of nitrogens with zero attached hydrogens (tertiary/aromatic N) is 6. The lowest BCUT2D eigenvalue weighted by molar-refractivity contribution is -0.00887. The van der Waals surface area contributed by atoms with Crippen molar-refractivity contribution in [3.8, 4) is 0 Å². The number of piperidine rings is 3. The minimum atomic E-state index is -0.203. The largest absolute Gasteiger partial charge is 0.378 e. The van der Waals surface area contributed by atoms with Gasteiger partial charge in [-0.05, 0) is 141 Å². The van der Waals surface area contributed by atoms with Crippen molar-refractivity contribution in [3.05, 3.63) is 0 Å². The van der Waals surface area contributed by atoms with Gasteiger partial charge in [0.1, 0.15) is 0 Å². The highest BCUT2D eigenvalue weighted by atomic mass is 16.5. The maximum Gasteiger partial charge on any atom is 0.232 e. The third-order valence-electron chi connectivity index (χ3n) is 12.1. The number of unbranched alkanes of at least 4 members (excludes halogenated alkanes) is 5. The van der Waals surface area contributed by atoms with Crippen molar-refractivity contribution in [2.24, 2.45) is 0 Å². The Morgan fingerprint density at radius 1 is 0.547 bits per heavy atom. The van der Waals surface area contributed by atoms with Gasteiger partial charge in [-0.1, -0.05) is 52.9 Å². The third-order valence-corrected chi connectivity index (χ3v) is 12.1. The Kier molecular flexibility index (Phi) is 14.3. The molecule has 3 fully saturated rings. The lowest BCUT2D eigenvalue weighted by atomic mass is 9.78. The van der Waals surface area contributed by atoms with E-state index in [1.807, 2.05) is 0 Å². The lowest BCUT2D eigenvalue weighted by Crippen LogP contribution is -2.64. The summed E-state index contributed by atoms with van der Waals surface area (Å²) < 4.78 is 6.63. The molecule has 0 spiro atoms. The first-order valence-electron chi connectivity index (χ1n) is 21.8. The minimum Gasteiger partial charge on any atom is -0.378 e. The van der Waals surface area contributed by atoms with Crippen LogP contribution in [0.5, 0.6) is 0 Å².